The van der Waals surface area contributed by atoms with E-state index in [0.717, 1.165) is 25.7 Å². The number of Topliss-reactive ketones (excluding diaryl/α,β-unsaturated/α-hetero) is 1. The van der Waals surface area contributed by atoms with Crippen LogP contribution in [-0.4, -0.2) is 11.9 Å². The Morgan fingerprint density at radius 3 is 2.82 bits per heavy atom. The topological polar surface area (TPSA) is 56.5 Å². The van der Waals surface area contributed by atoms with Gasteiger partial charge in [0.1, 0.15) is 23.2 Å². The van der Waals surface area contributed by atoms with E-state index in [9.17, 15) is 9.59 Å². The van der Waals surface area contributed by atoms with Gasteiger partial charge in [-0.25, -0.2) is 4.79 Å². The number of rotatable bonds is 0. The van der Waals surface area contributed by atoms with Gasteiger partial charge >= 0.3 is 5.63 Å². The highest BCUT2D eigenvalue weighted by atomic mass is 16.5. The zero-order valence-corrected chi connectivity index (χ0v) is 9.69. The molecule has 17 heavy (non-hydrogen) atoms. The first kappa shape index (κ1) is 10.6. The molecule has 2 atom stereocenters. The Hall–Kier alpha value is -1.58. The highest BCUT2D eigenvalue weighted by Gasteiger charge is 2.40. The second kappa shape index (κ2) is 3.72. The first-order valence-corrected chi connectivity index (χ1v) is 6.02. The van der Waals surface area contributed by atoms with E-state index < -0.39 is 5.63 Å². The molecule has 1 aliphatic carbocycles. The molecule has 1 aliphatic heterocycles. The molecule has 3 rings (SSSR count). The molecule has 0 amide bonds. The standard InChI is InChI=1S/C13H14O4/c1-7-6-10-11(13(15)16-7)12(14)8-4-2-3-5-9(8)17-10/h6,8-9H,2-5H2,1H3/t8-,9+/m0/s1. The molecule has 4 heteroatoms. The van der Waals surface area contributed by atoms with Gasteiger partial charge in [-0.05, 0) is 26.2 Å². The minimum Gasteiger partial charge on any atom is -0.488 e. The van der Waals surface area contributed by atoms with Crippen molar-refractivity contribution in [1.82, 2.24) is 0 Å². The highest BCUT2D eigenvalue weighted by molar-refractivity contribution is 6.01. The van der Waals surface area contributed by atoms with Gasteiger partial charge < -0.3 is 9.15 Å². The molecule has 1 aromatic heterocycles. The maximum absolute atomic E-state index is 12.2. The van der Waals surface area contributed by atoms with Crippen LogP contribution in [0, 0.1) is 12.8 Å². The van der Waals surface area contributed by atoms with E-state index in [1.54, 1.807) is 13.0 Å². The van der Waals surface area contributed by atoms with Gasteiger partial charge in [0.05, 0.1) is 5.92 Å². The van der Waals surface area contributed by atoms with Crippen molar-refractivity contribution in [2.75, 3.05) is 0 Å². The number of ketones is 1. The number of fused-ring (bicyclic) bond motifs is 2. The van der Waals surface area contributed by atoms with Crippen LogP contribution >= 0.6 is 0 Å². The van der Waals surface area contributed by atoms with Gasteiger partial charge in [0.15, 0.2) is 5.78 Å². The SMILES string of the molecule is Cc1cc2c(c(=O)o1)C(=O)[C@H]1CCCC[C@H]1O2. The maximum Gasteiger partial charge on any atom is 0.350 e. The summed E-state index contributed by atoms with van der Waals surface area (Å²) in [6, 6.07) is 1.64. The first-order chi connectivity index (χ1) is 8.16. The van der Waals surface area contributed by atoms with E-state index in [1.165, 1.54) is 0 Å². The number of aryl methyl sites for hydroxylation is 1. The van der Waals surface area contributed by atoms with Gasteiger partial charge in [0.25, 0.3) is 0 Å². The second-order valence-electron chi connectivity index (χ2n) is 4.80. The lowest BCUT2D eigenvalue weighted by Crippen LogP contribution is -2.42. The van der Waals surface area contributed by atoms with Crippen LogP contribution in [0.3, 0.4) is 0 Å². The fraction of sp³-hybridized carbons (Fsp3) is 0.538. The Morgan fingerprint density at radius 2 is 2.00 bits per heavy atom. The molecule has 0 aromatic carbocycles. The molecular formula is C13H14O4. The van der Waals surface area contributed by atoms with Crippen molar-refractivity contribution >= 4 is 5.78 Å². The zero-order chi connectivity index (χ0) is 12.0. The normalized spacial score (nSPS) is 27.0. The number of ether oxygens (including phenoxy) is 1. The zero-order valence-electron chi connectivity index (χ0n) is 9.69. The van der Waals surface area contributed by atoms with E-state index in [0.29, 0.717) is 11.5 Å². The average Bonchev–Trinajstić information content (AvgIpc) is 2.28. The lowest BCUT2D eigenvalue weighted by Gasteiger charge is -2.34. The van der Waals surface area contributed by atoms with Crippen molar-refractivity contribution in [1.29, 1.82) is 0 Å². The Kier molecular flexibility index (Phi) is 2.31. The molecule has 2 heterocycles. The van der Waals surface area contributed by atoms with Gasteiger partial charge in [-0.1, -0.05) is 6.42 Å². The number of hydrogen-bond acceptors (Lipinski definition) is 4. The van der Waals surface area contributed by atoms with Crippen molar-refractivity contribution in [3.8, 4) is 5.75 Å². The minimum absolute atomic E-state index is 0.0510. The van der Waals surface area contributed by atoms with Crippen molar-refractivity contribution in [3.05, 3.63) is 27.8 Å². The molecule has 0 unspecified atom stereocenters. The predicted molar refractivity (Wildman–Crippen MR) is 60.4 cm³/mol. The number of carbonyl (C=O) groups excluding carboxylic acids is 1. The highest BCUT2D eigenvalue weighted by Crippen LogP contribution is 2.36. The van der Waals surface area contributed by atoms with Gasteiger partial charge in [-0.2, -0.15) is 0 Å². The van der Waals surface area contributed by atoms with Crippen LogP contribution in [0.1, 0.15) is 41.8 Å². The van der Waals surface area contributed by atoms with Gasteiger partial charge in [-0.15, -0.1) is 0 Å². The van der Waals surface area contributed by atoms with E-state index in [-0.39, 0.29) is 23.4 Å². The second-order valence-corrected chi connectivity index (χ2v) is 4.80. The Balaban J connectivity index is 2.12. The molecule has 1 fully saturated rings. The predicted octanol–water partition coefficient (Wildman–Crippen LogP) is 2.08. The third-order valence-corrected chi connectivity index (χ3v) is 3.60. The smallest absolute Gasteiger partial charge is 0.350 e. The van der Waals surface area contributed by atoms with E-state index in [4.69, 9.17) is 9.15 Å². The summed E-state index contributed by atoms with van der Waals surface area (Å²) in [5.74, 6) is 0.647. The van der Waals surface area contributed by atoms with Crippen LogP contribution in [0.15, 0.2) is 15.3 Å². The molecule has 0 spiro atoms. The largest absolute Gasteiger partial charge is 0.488 e. The minimum atomic E-state index is -0.561. The third-order valence-electron chi connectivity index (χ3n) is 3.60. The summed E-state index contributed by atoms with van der Waals surface area (Å²) in [4.78, 5) is 23.9. The van der Waals surface area contributed by atoms with Crippen molar-refractivity contribution in [3.63, 3.8) is 0 Å². The Labute approximate surface area is 98.6 Å². The van der Waals surface area contributed by atoms with Gasteiger partial charge in [-0.3, -0.25) is 4.79 Å². The van der Waals surface area contributed by atoms with Crippen LogP contribution in [0.2, 0.25) is 0 Å². The first-order valence-electron chi connectivity index (χ1n) is 6.02. The fourth-order valence-electron chi connectivity index (χ4n) is 2.79. The third kappa shape index (κ3) is 1.59. The molecule has 0 bridgehead atoms. The quantitative estimate of drug-likeness (QED) is 0.689. The van der Waals surface area contributed by atoms with E-state index in [2.05, 4.69) is 0 Å². The maximum atomic E-state index is 12.2. The Morgan fingerprint density at radius 1 is 1.24 bits per heavy atom. The monoisotopic (exact) mass is 234 g/mol. The van der Waals surface area contributed by atoms with Crippen molar-refractivity contribution in [2.24, 2.45) is 5.92 Å². The van der Waals surface area contributed by atoms with Crippen LogP contribution in [0.4, 0.5) is 0 Å². The summed E-state index contributed by atoms with van der Waals surface area (Å²) in [6.45, 7) is 1.68. The Bertz CT molecular complexity index is 529. The molecule has 1 saturated carbocycles. The lowest BCUT2D eigenvalue weighted by molar-refractivity contribution is 0.0512. The number of carbonyl (C=O) groups is 1. The van der Waals surface area contributed by atoms with Crippen LogP contribution in [0.5, 0.6) is 5.75 Å². The average molecular weight is 234 g/mol. The molecule has 90 valence electrons. The van der Waals surface area contributed by atoms with E-state index >= 15 is 0 Å². The van der Waals surface area contributed by atoms with Crippen molar-refractivity contribution < 1.29 is 13.9 Å². The summed E-state index contributed by atoms with van der Waals surface area (Å²) in [5.41, 5.74) is -0.451. The molecule has 0 N–H and O–H groups in total. The summed E-state index contributed by atoms with van der Waals surface area (Å²) >= 11 is 0. The molecular weight excluding hydrogens is 220 g/mol. The van der Waals surface area contributed by atoms with Crippen LogP contribution < -0.4 is 10.4 Å². The van der Waals surface area contributed by atoms with Gasteiger partial charge in [0.2, 0.25) is 0 Å². The summed E-state index contributed by atoms with van der Waals surface area (Å²) < 4.78 is 10.8. The molecule has 0 saturated heterocycles. The lowest BCUT2D eigenvalue weighted by atomic mass is 9.80. The molecule has 1 aromatic rings. The number of hydrogen-bond donors (Lipinski definition) is 0. The molecule has 2 aliphatic rings. The molecule has 0 radical (unpaired) electrons. The summed E-state index contributed by atoms with van der Waals surface area (Å²) in [5, 5.41) is 0. The van der Waals surface area contributed by atoms with E-state index in [1.807, 2.05) is 0 Å². The summed E-state index contributed by atoms with van der Waals surface area (Å²) in [7, 11) is 0. The van der Waals surface area contributed by atoms with Crippen LogP contribution in [-0.2, 0) is 0 Å². The molecule has 4 nitrogen and oxygen atoms in total. The van der Waals surface area contributed by atoms with Crippen molar-refractivity contribution in [2.45, 2.75) is 38.7 Å². The summed E-state index contributed by atoms with van der Waals surface area (Å²) in [6.07, 6.45) is 3.78. The van der Waals surface area contributed by atoms with Crippen LogP contribution in [0.25, 0.3) is 0 Å². The fourth-order valence-corrected chi connectivity index (χ4v) is 2.79. The van der Waals surface area contributed by atoms with Gasteiger partial charge in [0, 0.05) is 6.07 Å².